The van der Waals surface area contributed by atoms with Crippen molar-refractivity contribution in [3.8, 4) is 5.75 Å². The minimum atomic E-state index is -0.144. The minimum absolute atomic E-state index is 0.0104. The maximum Gasteiger partial charge on any atom is 0.224 e. The number of anilines is 1. The second-order valence-electron chi connectivity index (χ2n) is 5.80. The summed E-state index contributed by atoms with van der Waals surface area (Å²) in [5.74, 6) is 1.28. The molecule has 130 valence electrons. The smallest absolute Gasteiger partial charge is 0.224 e. The molecule has 0 saturated carbocycles. The van der Waals surface area contributed by atoms with Gasteiger partial charge in [-0.1, -0.05) is 12.1 Å². The van der Waals surface area contributed by atoms with E-state index in [0.29, 0.717) is 30.0 Å². The third-order valence-electron chi connectivity index (χ3n) is 3.89. The van der Waals surface area contributed by atoms with Crippen LogP contribution in [0.2, 0.25) is 0 Å². The second-order valence-corrected chi connectivity index (χ2v) is 5.80. The van der Waals surface area contributed by atoms with E-state index in [1.807, 2.05) is 27.7 Å². The van der Waals surface area contributed by atoms with E-state index in [-0.39, 0.29) is 18.4 Å². The molecule has 6 heteroatoms. The summed E-state index contributed by atoms with van der Waals surface area (Å²) in [6.45, 7) is 7.96. The molecule has 24 heavy (non-hydrogen) atoms. The van der Waals surface area contributed by atoms with Gasteiger partial charge in [-0.25, -0.2) is 0 Å². The first-order chi connectivity index (χ1) is 11.5. The summed E-state index contributed by atoms with van der Waals surface area (Å²) in [4.78, 5) is 12.3. The molecule has 0 fully saturated rings. The Kier molecular flexibility index (Phi) is 5.98. The number of hydrogen-bond acceptors (Lipinski definition) is 5. The third kappa shape index (κ3) is 4.14. The van der Waals surface area contributed by atoms with Gasteiger partial charge in [0.2, 0.25) is 5.91 Å². The van der Waals surface area contributed by atoms with Gasteiger partial charge >= 0.3 is 0 Å². The van der Waals surface area contributed by atoms with Gasteiger partial charge in [-0.05, 0) is 44.9 Å². The fraction of sp³-hybridized carbons (Fsp3) is 0.444. The van der Waals surface area contributed by atoms with Crippen molar-refractivity contribution in [1.29, 1.82) is 0 Å². The van der Waals surface area contributed by atoms with E-state index in [1.54, 1.807) is 18.2 Å². The van der Waals surface area contributed by atoms with E-state index in [9.17, 15) is 9.90 Å². The van der Waals surface area contributed by atoms with E-state index >= 15 is 0 Å². The average molecular weight is 332 g/mol. The molecule has 2 aromatic rings. The van der Waals surface area contributed by atoms with Crippen LogP contribution in [-0.2, 0) is 11.4 Å². The Morgan fingerprint density at radius 1 is 1.42 bits per heavy atom. The highest BCUT2D eigenvalue weighted by atomic mass is 16.5. The lowest BCUT2D eigenvalue weighted by atomic mass is 9.96. The molecule has 0 aliphatic carbocycles. The van der Waals surface area contributed by atoms with Gasteiger partial charge in [0.25, 0.3) is 0 Å². The van der Waals surface area contributed by atoms with Crippen molar-refractivity contribution in [2.45, 2.75) is 46.6 Å². The van der Waals surface area contributed by atoms with Gasteiger partial charge in [-0.2, -0.15) is 0 Å². The summed E-state index contributed by atoms with van der Waals surface area (Å²) in [6, 6.07) is 5.24. The van der Waals surface area contributed by atoms with Gasteiger partial charge in [0.15, 0.2) is 0 Å². The van der Waals surface area contributed by atoms with Crippen LogP contribution in [-0.4, -0.2) is 22.8 Å². The number of benzene rings is 1. The molecule has 1 unspecified atom stereocenters. The number of aliphatic hydroxyl groups excluding tert-OH is 1. The predicted molar refractivity (Wildman–Crippen MR) is 91.2 cm³/mol. The van der Waals surface area contributed by atoms with Crippen LogP contribution in [0.1, 0.15) is 48.8 Å². The number of hydrogen-bond donors (Lipinski definition) is 2. The van der Waals surface area contributed by atoms with Gasteiger partial charge in [0.05, 0.1) is 18.9 Å². The summed E-state index contributed by atoms with van der Waals surface area (Å²) in [6.07, 6.45) is 0.324. The summed E-state index contributed by atoms with van der Waals surface area (Å²) >= 11 is 0. The second kappa shape index (κ2) is 7.97. The van der Waals surface area contributed by atoms with Crippen LogP contribution in [0.3, 0.4) is 0 Å². The first-order valence-electron chi connectivity index (χ1n) is 8.05. The third-order valence-corrected chi connectivity index (χ3v) is 3.89. The maximum absolute atomic E-state index is 12.3. The zero-order valence-corrected chi connectivity index (χ0v) is 14.5. The molecule has 2 N–H and O–H groups in total. The maximum atomic E-state index is 12.3. The highest BCUT2D eigenvalue weighted by Gasteiger charge is 2.19. The van der Waals surface area contributed by atoms with Gasteiger partial charge < -0.3 is 19.7 Å². The molecule has 0 saturated heterocycles. The Bertz CT molecular complexity index is 690. The zero-order valence-electron chi connectivity index (χ0n) is 14.5. The van der Waals surface area contributed by atoms with E-state index in [1.165, 1.54) is 0 Å². The van der Waals surface area contributed by atoms with E-state index < -0.39 is 0 Å². The topological polar surface area (TPSA) is 84.6 Å². The van der Waals surface area contributed by atoms with Crippen molar-refractivity contribution < 1.29 is 19.2 Å². The van der Waals surface area contributed by atoms with Crippen molar-refractivity contribution in [3.63, 3.8) is 0 Å². The number of rotatable bonds is 7. The molecule has 0 radical (unpaired) electrons. The molecule has 1 aromatic heterocycles. The molecule has 1 atom stereocenters. The van der Waals surface area contributed by atoms with Crippen LogP contribution in [0.25, 0.3) is 0 Å². The minimum Gasteiger partial charge on any atom is -0.494 e. The molecule has 1 aromatic carbocycles. The van der Waals surface area contributed by atoms with E-state index in [2.05, 4.69) is 10.5 Å². The average Bonchev–Trinajstić information content (AvgIpc) is 2.87. The Morgan fingerprint density at radius 3 is 2.75 bits per heavy atom. The van der Waals surface area contributed by atoms with Crippen LogP contribution in [0, 0.1) is 13.8 Å². The summed E-state index contributed by atoms with van der Waals surface area (Å²) < 4.78 is 10.6. The number of ether oxygens (including phenoxy) is 1. The van der Waals surface area contributed by atoms with Gasteiger partial charge in [-0.3, -0.25) is 4.79 Å². The monoisotopic (exact) mass is 332 g/mol. The lowest BCUT2D eigenvalue weighted by Crippen LogP contribution is -2.15. The number of aryl methyl sites for hydroxylation is 2. The number of carbonyl (C=O) groups is 1. The summed E-state index contributed by atoms with van der Waals surface area (Å²) in [7, 11) is 0. The van der Waals surface area contributed by atoms with Gasteiger partial charge in [-0.15, -0.1) is 0 Å². The van der Waals surface area contributed by atoms with E-state index in [4.69, 9.17) is 9.26 Å². The molecular formula is C18H24N2O4. The number of nitrogens with one attached hydrogen (secondary N) is 1. The van der Waals surface area contributed by atoms with Gasteiger partial charge in [0.1, 0.15) is 11.5 Å². The highest BCUT2D eigenvalue weighted by molar-refractivity contribution is 5.91. The Labute approximate surface area is 141 Å². The Morgan fingerprint density at radius 2 is 2.17 bits per heavy atom. The van der Waals surface area contributed by atoms with Gasteiger partial charge in [0, 0.05) is 23.2 Å². The Balaban J connectivity index is 2.04. The van der Waals surface area contributed by atoms with Crippen molar-refractivity contribution >= 4 is 11.6 Å². The fourth-order valence-corrected chi connectivity index (χ4v) is 2.86. The first kappa shape index (κ1) is 18.0. The first-order valence-corrected chi connectivity index (χ1v) is 8.05. The van der Waals surface area contributed by atoms with Crippen LogP contribution in [0.15, 0.2) is 22.7 Å². The molecule has 1 amide bonds. The van der Waals surface area contributed by atoms with E-state index in [0.717, 1.165) is 17.0 Å². The molecule has 0 bridgehead atoms. The zero-order chi connectivity index (χ0) is 17.7. The van der Waals surface area contributed by atoms with Crippen molar-refractivity contribution in [2.24, 2.45) is 0 Å². The molecule has 6 nitrogen and oxygen atoms in total. The highest BCUT2D eigenvalue weighted by Crippen LogP contribution is 2.27. The van der Waals surface area contributed by atoms with Crippen molar-refractivity contribution in [2.75, 3.05) is 11.9 Å². The van der Waals surface area contributed by atoms with Crippen molar-refractivity contribution in [3.05, 3.63) is 40.8 Å². The molecular weight excluding hydrogens is 308 g/mol. The number of amides is 1. The van der Waals surface area contributed by atoms with Crippen molar-refractivity contribution in [1.82, 2.24) is 5.16 Å². The molecule has 0 aliphatic rings. The normalized spacial score (nSPS) is 12.0. The molecule has 0 spiro atoms. The number of aromatic nitrogens is 1. The quantitative estimate of drug-likeness (QED) is 0.812. The number of aliphatic hydroxyl groups is 1. The summed E-state index contributed by atoms with van der Waals surface area (Å²) in [5, 5.41) is 16.2. The lowest BCUT2D eigenvalue weighted by Gasteiger charge is -2.13. The SMILES string of the molecule is CCOc1ccc(NC(=O)CC(C)c2c(C)noc2C)cc1CO. The molecule has 0 aliphatic heterocycles. The molecule has 1 heterocycles. The largest absolute Gasteiger partial charge is 0.494 e. The van der Waals surface area contributed by atoms with Crippen LogP contribution in [0.5, 0.6) is 5.75 Å². The number of carbonyl (C=O) groups excluding carboxylic acids is 1. The fourth-order valence-electron chi connectivity index (χ4n) is 2.86. The molecule has 2 rings (SSSR count). The summed E-state index contributed by atoms with van der Waals surface area (Å²) in [5.41, 5.74) is 3.08. The Hall–Kier alpha value is -2.34. The van der Waals surface area contributed by atoms with Crippen LogP contribution >= 0.6 is 0 Å². The van der Waals surface area contributed by atoms with Crippen LogP contribution < -0.4 is 10.1 Å². The standard InChI is InChI=1S/C18H24N2O4/c1-5-23-16-7-6-15(9-14(16)10-21)19-17(22)8-11(2)18-12(3)20-24-13(18)4/h6-7,9,11,21H,5,8,10H2,1-4H3,(H,19,22). The number of nitrogens with zero attached hydrogens (tertiary/aromatic N) is 1. The predicted octanol–water partition coefficient (Wildman–Crippen LogP) is 3.31. The lowest BCUT2D eigenvalue weighted by molar-refractivity contribution is -0.116. The van der Waals surface area contributed by atoms with Crippen LogP contribution in [0.4, 0.5) is 5.69 Å².